The van der Waals surface area contributed by atoms with Crippen molar-refractivity contribution >= 4 is 23.8 Å². The Kier molecular flexibility index (Phi) is 6.93. The molecule has 0 spiro atoms. The largest absolute Gasteiger partial charge is 0.490 e. The Hall–Kier alpha value is -1.73. The van der Waals surface area contributed by atoms with Crippen molar-refractivity contribution in [3.63, 3.8) is 0 Å². The van der Waals surface area contributed by atoms with E-state index in [1.54, 1.807) is 4.68 Å². The summed E-state index contributed by atoms with van der Waals surface area (Å²) in [6, 6.07) is 3.79. The van der Waals surface area contributed by atoms with Crippen LogP contribution in [0.3, 0.4) is 0 Å². The second-order valence-corrected chi connectivity index (χ2v) is 5.93. The molecule has 0 saturated carbocycles. The van der Waals surface area contributed by atoms with Crippen LogP contribution in [0.15, 0.2) is 12.1 Å². The molecular weight excluding hydrogens is 348 g/mol. The lowest BCUT2D eigenvalue weighted by molar-refractivity contribution is 0.287. The summed E-state index contributed by atoms with van der Waals surface area (Å²) in [5.74, 6) is 2.11. The summed E-state index contributed by atoms with van der Waals surface area (Å²) >= 11 is 11.6. The Balaban J connectivity index is 2.21. The SMILES string of the molecule is CCCc1n[nH]c(=S)n1NCc1cc(Cl)c(OCC)c(OCC)c1. The molecule has 0 radical (unpaired) electrons. The van der Waals surface area contributed by atoms with Gasteiger partial charge in [-0.15, -0.1) is 0 Å². The molecule has 24 heavy (non-hydrogen) atoms. The zero-order chi connectivity index (χ0) is 17.5. The van der Waals surface area contributed by atoms with Gasteiger partial charge in [0.1, 0.15) is 0 Å². The van der Waals surface area contributed by atoms with Crippen LogP contribution in [-0.2, 0) is 13.0 Å². The summed E-state index contributed by atoms with van der Waals surface area (Å²) in [6.45, 7) is 7.55. The highest BCUT2D eigenvalue weighted by Gasteiger charge is 2.13. The van der Waals surface area contributed by atoms with Gasteiger partial charge < -0.3 is 14.9 Å². The van der Waals surface area contributed by atoms with Crippen LogP contribution in [0.4, 0.5) is 0 Å². The molecule has 0 unspecified atom stereocenters. The Bertz CT molecular complexity index is 729. The molecule has 0 fully saturated rings. The minimum atomic E-state index is 0.530. The number of H-pyrrole nitrogens is 1. The number of nitrogens with one attached hydrogen (secondary N) is 2. The van der Waals surface area contributed by atoms with E-state index < -0.39 is 0 Å². The van der Waals surface area contributed by atoms with E-state index >= 15 is 0 Å². The molecule has 0 aliphatic rings. The summed E-state index contributed by atoms with van der Waals surface area (Å²) < 4.78 is 13.6. The average Bonchev–Trinajstić information content (AvgIpc) is 2.89. The Labute approximate surface area is 152 Å². The highest BCUT2D eigenvalue weighted by molar-refractivity contribution is 7.71. The number of rotatable bonds is 9. The summed E-state index contributed by atoms with van der Waals surface area (Å²) in [5.41, 5.74) is 4.24. The molecule has 0 saturated heterocycles. The first-order valence-corrected chi connectivity index (χ1v) is 8.87. The van der Waals surface area contributed by atoms with Gasteiger partial charge in [0.2, 0.25) is 4.77 Å². The quantitative estimate of drug-likeness (QED) is 0.651. The molecule has 0 amide bonds. The van der Waals surface area contributed by atoms with Crippen molar-refractivity contribution in [2.24, 2.45) is 0 Å². The molecule has 2 aromatic rings. The number of halogens is 1. The Morgan fingerprint density at radius 2 is 2.00 bits per heavy atom. The molecule has 0 aliphatic heterocycles. The molecule has 1 heterocycles. The number of hydrogen-bond acceptors (Lipinski definition) is 5. The normalized spacial score (nSPS) is 10.7. The Morgan fingerprint density at radius 1 is 1.25 bits per heavy atom. The summed E-state index contributed by atoms with van der Waals surface area (Å²) in [4.78, 5) is 0. The van der Waals surface area contributed by atoms with E-state index in [0.29, 0.717) is 41.1 Å². The highest BCUT2D eigenvalue weighted by Crippen LogP contribution is 2.36. The van der Waals surface area contributed by atoms with E-state index in [9.17, 15) is 0 Å². The first-order chi connectivity index (χ1) is 11.6. The molecular formula is C16H23ClN4O2S. The summed E-state index contributed by atoms with van der Waals surface area (Å²) in [6.07, 6.45) is 1.83. The molecule has 2 N–H and O–H groups in total. The molecule has 0 atom stereocenters. The highest BCUT2D eigenvalue weighted by atomic mass is 35.5. The smallest absolute Gasteiger partial charge is 0.214 e. The third kappa shape index (κ3) is 4.42. The molecule has 2 rings (SSSR count). The van der Waals surface area contributed by atoms with Gasteiger partial charge in [-0.25, -0.2) is 4.68 Å². The van der Waals surface area contributed by atoms with Gasteiger partial charge >= 0.3 is 0 Å². The lowest BCUT2D eigenvalue weighted by atomic mass is 10.2. The van der Waals surface area contributed by atoms with Crippen LogP contribution < -0.4 is 14.9 Å². The standard InChI is InChI=1S/C16H23ClN4O2S/c1-4-7-14-19-20-16(24)21(14)18-10-11-8-12(17)15(23-6-3)13(9-11)22-5-2/h8-9,18H,4-7,10H2,1-3H3,(H,20,24). The number of hydrogen-bond donors (Lipinski definition) is 2. The van der Waals surface area contributed by atoms with Crippen LogP contribution in [0.5, 0.6) is 11.5 Å². The average molecular weight is 371 g/mol. The predicted octanol–water partition coefficient (Wildman–Crippen LogP) is 4.09. The van der Waals surface area contributed by atoms with Crippen molar-refractivity contribution in [2.45, 2.75) is 40.2 Å². The van der Waals surface area contributed by atoms with Crippen LogP contribution in [0.25, 0.3) is 0 Å². The lowest BCUT2D eigenvalue weighted by Gasteiger charge is -2.15. The van der Waals surface area contributed by atoms with Gasteiger partial charge in [-0.1, -0.05) is 18.5 Å². The van der Waals surface area contributed by atoms with Gasteiger partial charge in [0.05, 0.1) is 24.8 Å². The van der Waals surface area contributed by atoms with Crippen LogP contribution in [0, 0.1) is 4.77 Å². The minimum absolute atomic E-state index is 0.530. The molecule has 0 bridgehead atoms. The second kappa shape index (κ2) is 8.94. The van der Waals surface area contributed by atoms with Gasteiger partial charge in [0.15, 0.2) is 17.3 Å². The van der Waals surface area contributed by atoms with Crippen molar-refractivity contribution in [2.75, 3.05) is 18.6 Å². The van der Waals surface area contributed by atoms with Gasteiger partial charge in [-0.05, 0) is 50.2 Å². The van der Waals surface area contributed by atoms with Crippen molar-refractivity contribution in [3.05, 3.63) is 33.3 Å². The topological polar surface area (TPSA) is 64.1 Å². The van der Waals surface area contributed by atoms with E-state index in [0.717, 1.165) is 24.2 Å². The van der Waals surface area contributed by atoms with Crippen LogP contribution in [-0.4, -0.2) is 28.1 Å². The number of aromatic amines is 1. The van der Waals surface area contributed by atoms with Crippen molar-refractivity contribution in [3.8, 4) is 11.5 Å². The molecule has 132 valence electrons. The van der Waals surface area contributed by atoms with Crippen molar-refractivity contribution in [1.82, 2.24) is 14.9 Å². The van der Waals surface area contributed by atoms with E-state index in [1.165, 1.54) is 0 Å². The molecule has 0 aliphatic carbocycles. The maximum atomic E-state index is 6.34. The van der Waals surface area contributed by atoms with Crippen LogP contribution in [0.1, 0.15) is 38.6 Å². The van der Waals surface area contributed by atoms with Crippen LogP contribution >= 0.6 is 23.8 Å². The molecule has 1 aromatic heterocycles. The maximum absolute atomic E-state index is 6.34. The number of aromatic nitrogens is 3. The fourth-order valence-electron chi connectivity index (χ4n) is 2.33. The summed E-state index contributed by atoms with van der Waals surface area (Å²) in [7, 11) is 0. The lowest BCUT2D eigenvalue weighted by Crippen LogP contribution is -2.17. The predicted molar refractivity (Wildman–Crippen MR) is 98.3 cm³/mol. The van der Waals surface area contributed by atoms with E-state index in [4.69, 9.17) is 33.3 Å². The van der Waals surface area contributed by atoms with Crippen molar-refractivity contribution in [1.29, 1.82) is 0 Å². The number of benzene rings is 1. The van der Waals surface area contributed by atoms with E-state index in [2.05, 4.69) is 22.5 Å². The molecule has 8 heteroatoms. The van der Waals surface area contributed by atoms with Gasteiger partial charge in [-0.2, -0.15) is 5.10 Å². The minimum Gasteiger partial charge on any atom is -0.490 e. The van der Waals surface area contributed by atoms with Crippen LogP contribution in [0.2, 0.25) is 5.02 Å². The first kappa shape index (κ1) is 18.6. The zero-order valence-electron chi connectivity index (χ0n) is 14.2. The number of ether oxygens (including phenoxy) is 2. The molecule has 6 nitrogen and oxygen atoms in total. The van der Waals surface area contributed by atoms with E-state index in [-0.39, 0.29) is 0 Å². The van der Waals surface area contributed by atoms with Gasteiger partial charge in [0, 0.05) is 6.42 Å². The van der Waals surface area contributed by atoms with E-state index in [1.807, 2.05) is 26.0 Å². The Morgan fingerprint density at radius 3 is 2.67 bits per heavy atom. The maximum Gasteiger partial charge on any atom is 0.214 e. The number of nitrogens with zero attached hydrogens (tertiary/aromatic N) is 2. The number of aryl methyl sites for hydroxylation is 1. The fraction of sp³-hybridized carbons (Fsp3) is 0.500. The zero-order valence-corrected chi connectivity index (χ0v) is 15.8. The second-order valence-electron chi connectivity index (χ2n) is 5.14. The fourth-order valence-corrected chi connectivity index (χ4v) is 2.83. The monoisotopic (exact) mass is 370 g/mol. The molecule has 1 aromatic carbocycles. The van der Waals surface area contributed by atoms with Gasteiger partial charge in [0.25, 0.3) is 0 Å². The summed E-state index contributed by atoms with van der Waals surface area (Å²) in [5, 5.41) is 7.57. The van der Waals surface area contributed by atoms with Crippen molar-refractivity contribution < 1.29 is 9.47 Å². The van der Waals surface area contributed by atoms with Gasteiger partial charge in [-0.3, -0.25) is 5.10 Å². The first-order valence-electron chi connectivity index (χ1n) is 8.08. The third-order valence-corrected chi connectivity index (χ3v) is 3.87. The third-order valence-electron chi connectivity index (χ3n) is 3.31.